The Morgan fingerprint density at radius 2 is 1.88 bits per heavy atom. The highest BCUT2D eigenvalue weighted by Crippen LogP contribution is 2.15. The van der Waals surface area contributed by atoms with Crippen LogP contribution in [0.1, 0.15) is 18.7 Å². The molecule has 0 bridgehead atoms. The quantitative estimate of drug-likeness (QED) is 0.533. The van der Waals surface area contributed by atoms with Gasteiger partial charge in [-0.2, -0.15) is 4.98 Å². The van der Waals surface area contributed by atoms with Crippen LogP contribution in [0.5, 0.6) is 0 Å². The molecule has 0 aliphatic heterocycles. The molecule has 3 atom stereocenters. The second-order valence-corrected chi connectivity index (χ2v) is 5.57. The van der Waals surface area contributed by atoms with Crippen molar-refractivity contribution in [2.24, 2.45) is 0 Å². The molecular formula is C16H29N3O6. The van der Waals surface area contributed by atoms with E-state index >= 15 is 0 Å². The minimum absolute atomic E-state index is 0.211. The molecular weight excluding hydrogens is 330 g/mol. The van der Waals surface area contributed by atoms with E-state index in [1.54, 1.807) is 41.4 Å². The predicted octanol–water partition coefficient (Wildman–Crippen LogP) is 0.362. The molecule has 25 heavy (non-hydrogen) atoms. The third kappa shape index (κ3) is 6.71. The van der Waals surface area contributed by atoms with Gasteiger partial charge in [-0.25, -0.2) is 4.79 Å². The fourth-order valence-corrected chi connectivity index (χ4v) is 2.23. The van der Waals surface area contributed by atoms with Crippen LogP contribution in [0.2, 0.25) is 0 Å². The van der Waals surface area contributed by atoms with Crippen LogP contribution in [0.25, 0.3) is 0 Å². The van der Waals surface area contributed by atoms with Gasteiger partial charge in [-0.3, -0.25) is 4.57 Å². The van der Waals surface area contributed by atoms with Crippen molar-refractivity contribution in [2.75, 3.05) is 53.5 Å². The number of hydrogen-bond acceptors (Lipinski definition) is 8. The Hall–Kier alpha value is -1.52. The van der Waals surface area contributed by atoms with Crippen molar-refractivity contribution in [1.29, 1.82) is 0 Å². The SMILES string of the molecule is COCCOCC(OC)[C@H](COC)OC(C)n1cc(C)c(N)nc1=O. The molecule has 0 amide bonds. The minimum Gasteiger partial charge on any atom is -0.383 e. The topological polar surface area (TPSA) is 107 Å². The first-order valence-corrected chi connectivity index (χ1v) is 8.03. The zero-order valence-electron chi connectivity index (χ0n) is 15.6. The van der Waals surface area contributed by atoms with Crippen LogP contribution in [0.15, 0.2) is 11.0 Å². The van der Waals surface area contributed by atoms with Crippen molar-refractivity contribution >= 4 is 5.82 Å². The van der Waals surface area contributed by atoms with Crippen LogP contribution in [-0.2, 0) is 23.7 Å². The number of nitrogen functional groups attached to an aromatic ring is 1. The zero-order chi connectivity index (χ0) is 18.8. The summed E-state index contributed by atoms with van der Waals surface area (Å²) in [5.74, 6) is 0.211. The molecule has 1 aromatic rings. The summed E-state index contributed by atoms with van der Waals surface area (Å²) in [6, 6.07) is 0. The number of hydrogen-bond donors (Lipinski definition) is 1. The summed E-state index contributed by atoms with van der Waals surface area (Å²) in [6.07, 6.45) is 0.252. The number of methoxy groups -OCH3 is 3. The van der Waals surface area contributed by atoms with Crippen molar-refractivity contribution in [3.05, 3.63) is 22.2 Å². The second kappa shape index (κ2) is 11.2. The first-order valence-electron chi connectivity index (χ1n) is 8.03. The van der Waals surface area contributed by atoms with Crippen molar-refractivity contribution in [2.45, 2.75) is 32.3 Å². The third-order valence-electron chi connectivity index (χ3n) is 3.70. The highest BCUT2D eigenvalue weighted by atomic mass is 16.6. The molecule has 0 aliphatic rings. The van der Waals surface area contributed by atoms with E-state index in [0.717, 1.165) is 0 Å². The molecule has 1 aromatic heterocycles. The summed E-state index contributed by atoms with van der Waals surface area (Å²) in [5.41, 5.74) is 5.88. The highest BCUT2D eigenvalue weighted by molar-refractivity contribution is 5.35. The number of rotatable bonds is 12. The Labute approximate surface area is 148 Å². The number of ether oxygens (including phenoxy) is 5. The first kappa shape index (κ1) is 21.5. The number of aromatic nitrogens is 2. The van der Waals surface area contributed by atoms with E-state index in [9.17, 15) is 4.79 Å². The van der Waals surface area contributed by atoms with E-state index < -0.39 is 18.0 Å². The average Bonchev–Trinajstić information content (AvgIpc) is 2.58. The van der Waals surface area contributed by atoms with Gasteiger partial charge in [0.15, 0.2) is 0 Å². The highest BCUT2D eigenvalue weighted by Gasteiger charge is 2.26. The summed E-state index contributed by atoms with van der Waals surface area (Å²) in [5, 5.41) is 0. The van der Waals surface area contributed by atoms with Crippen molar-refractivity contribution < 1.29 is 23.7 Å². The van der Waals surface area contributed by atoms with Crippen LogP contribution >= 0.6 is 0 Å². The van der Waals surface area contributed by atoms with Gasteiger partial charge in [0, 0.05) is 33.1 Å². The number of anilines is 1. The van der Waals surface area contributed by atoms with E-state index in [1.165, 1.54) is 4.57 Å². The fraction of sp³-hybridized carbons (Fsp3) is 0.750. The Balaban J connectivity index is 2.81. The molecule has 9 heteroatoms. The van der Waals surface area contributed by atoms with Crippen molar-refractivity contribution in [1.82, 2.24) is 9.55 Å². The van der Waals surface area contributed by atoms with Gasteiger partial charge < -0.3 is 29.4 Å². The second-order valence-electron chi connectivity index (χ2n) is 5.57. The van der Waals surface area contributed by atoms with Crippen LogP contribution in [0.3, 0.4) is 0 Å². The number of aryl methyl sites for hydroxylation is 1. The summed E-state index contributed by atoms with van der Waals surface area (Å²) in [7, 11) is 4.75. The van der Waals surface area contributed by atoms with Gasteiger partial charge in [0.2, 0.25) is 0 Å². The molecule has 2 unspecified atom stereocenters. The number of nitrogens with zero attached hydrogens (tertiary/aromatic N) is 2. The lowest BCUT2D eigenvalue weighted by molar-refractivity contribution is -0.148. The molecule has 0 saturated carbocycles. The molecule has 0 aromatic carbocycles. The lowest BCUT2D eigenvalue weighted by Crippen LogP contribution is -2.41. The van der Waals surface area contributed by atoms with Gasteiger partial charge in [-0.15, -0.1) is 0 Å². The summed E-state index contributed by atoms with van der Waals surface area (Å²) in [4.78, 5) is 15.8. The maximum absolute atomic E-state index is 12.0. The van der Waals surface area contributed by atoms with E-state index in [1.807, 2.05) is 0 Å². The van der Waals surface area contributed by atoms with E-state index in [4.69, 9.17) is 29.4 Å². The minimum atomic E-state index is -0.573. The molecule has 2 N–H and O–H groups in total. The molecule has 9 nitrogen and oxygen atoms in total. The number of nitrogens with two attached hydrogens (primary N) is 1. The van der Waals surface area contributed by atoms with Crippen molar-refractivity contribution in [3.8, 4) is 0 Å². The Morgan fingerprint density at radius 3 is 2.48 bits per heavy atom. The van der Waals surface area contributed by atoms with E-state index in [0.29, 0.717) is 25.4 Å². The van der Waals surface area contributed by atoms with Gasteiger partial charge in [-0.1, -0.05) is 0 Å². The van der Waals surface area contributed by atoms with E-state index in [2.05, 4.69) is 4.98 Å². The van der Waals surface area contributed by atoms with Gasteiger partial charge in [0.25, 0.3) is 0 Å². The standard InChI is InChI=1S/C16H29N3O6/c1-11-8-19(16(20)18-15(11)17)12(2)25-14(9-22-4)13(23-5)10-24-7-6-21-3/h8,12-14H,6-7,9-10H2,1-5H3,(H2,17,18,20)/t12?,13?,14-/m0/s1. The van der Waals surface area contributed by atoms with Gasteiger partial charge in [0.1, 0.15) is 24.3 Å². The zero-order valence-corrected chi connectivity index (χ0v) is 15.6. The molecule has 0 spiro atoms. The van der Waals surface area contributed by atoms with Crippen LogP contribution < -0.4 is 11.4 Å². The average molecular weight is 359 g/mol. The maximum atomic E-state index is 12.0. The summed E-state index contributed by atoms with van der Waals surface area (Å²) in [6.45, 7) is 5.07. The monoisotopic (exact) mass is 359 g/mol. The Morgan fingerprint density at radius 1 is 1.16 bits per heavy atom. The molecule has 144 valence electrons. The van der Waals surface area contributed by atoms with Crippen LogP contribution in [-0.4, -0.2) is 69.5 Å². The van der Waals surface area contributed by atoms with Gasteiger partial charge in [0.05, 0.1) is 26.4 Å². The molecule has 0 fully saturated rings. The third-order valence-corrected chi connectivity index (χ3v) is 3.70. The first-order chi connectivity index (χ1) is 11.9. The molecule has 1 rings (SSSR count). The lowest BCUT2D eigenvalue weighted by atomic mass is 10.2. The molecule has 1 heterocycles. The largest absolute Gasteiger partial charge is 0.383 e. The predicted molar refractivity (Wildman–Crippen MR) is 92.6 cm³/mol. The summed E-state index contributed by atoms with van der Waals surface area (Å²) >= 11 is 0. The molecule has 0 radical (unpaired) electrons. The van der Waals surface area contributed by atoms with Gasteiger partial charge >= 0.3 is 5.69 Å². The van der Waals surface area contributed by atoms with Crippen molar-refractivity contribution in [3.63, 3.8) is 0 Å². The van der Waals surface area contributed by atoms with Gasteiger partial charge in [-0.05, 0) is 13.8 Å². The fourth-order valence-electron chi connectivity index (χ4n) is 2.23. The lowest BCUT2D eigenvalue weighted by Gasteiger charge is -2.29. The smallest absolute Gasteiger partial charge is 0.351 e. The summed E-state index contributed by atoms with van der Waals surface area (Å²) < 4.78 is 28.5. The van der Waals surface area contributed by atoms with E-state index in [-0.39, 0.29) is 18.5 Å². The maximum Gasteiger partial charge on any atom is 0.351 e. The van der Waals surface area contributed by atoms with Crippen LogP contribution in [0.4, 0.5) is 5.82 Å². The Kier molecular flexibility index (Phi) is 9.61. The molecule has 0 aliphatic carbocycles. The molecule has 0 saturated heterocycles. The van der Waals surface area contributed by atoms with Crippen LogP contribution in [0, 0.1) is 6.92 Å². The Bertz CT molecular complexity index is 565. The normalized spacial score (nSPS) is 15.1.